The van der Waals surface area contributed by atoms with Gasteiger partial charge in [-0.1, -0.05) is 30.3 Å². The van der Waals surface area contributed by atoms with Crippen molar-refractivity contribution in [3.05, 3.63) is 83.7 Å². The third-order valence-electron chi connectivity index (χ3n) is 3.93. The Labute approximate surface area is 154 Å². The summed E-state index contributed by atoms with van der Waals surface area (Å²) in [6.07, 6.45) is -1.19. The van der Waals surface area contributed by atoms with Gasteiger partial charge in [0.2, 0.25) is 10.0 Å². The standard InChI is InChI=1S/C18H16F3N3O2S/c19-18(20,21)16-7-3-8-17(11-16)27(25,26)23-12-14-5-1-2-6-15(14)13-24-10-4-9-22-24/h1-11,23H,12-13H2. The van der Waals surface area contributed by atoms with Crippen molar-refractivity contribution in [3.8, 4) is 0 Å². The van der Waals surface area contributed by atoms with Crippen molar-refractivity contribution in [2.45, 2.75) is 24.2 Å². The molecule has 3 aromatic rings. The molecule has 0 fully saturated rings. The molecule has 1 aromatic heterocycles. The van der Waals surface area contributed by atoms with Crippen LogP contribution >= 0.6 is 0 Å². The molecule has 0 aliphatic rings. The first-order chi connectivity index (χ1) is 12.8. The normalized spacial score (nSPS) is 12.3. The highest BCUT2D eigenvalue weighted by molar-refractivity contribution is 7.89. The fourth-order valence-corrected chi connectivity index (χ4v) is 3.60. The molecule has 2 aromatic carbocycles. The van der Waals surface area contributed by atoms with E-state index in [1.807, 2.05) is 12.1 Å². The van der Waals surface area contributed by atoms with E-state index in [1.54, 1.807) is 35.3 Å². The summed E-state index contributed by atoms with van der Waals surface area (Å²) in [5, 5.41) is 4.11. The highest BCUT2D eigenvalue weighted by Gasteiger charge is 2.31. The smallest absolute Gasteiger partial charge is 0.268 e. The lowest BCUT2D eigenvalue weighted by molar-refractivity contribution is -0.137. The van der Waals surface area contributed by atoms with Gasteiger partial charge in [0.15, 0.2) is 0 Å². The Morgan fingerprint density at radius 2 is 1.74 bits per heavy atom. The summed E-state index contributed by atoms with van der Waals surface area (Å²) in [6, 6.07) is 12.6. The number of hydrogen-bond donors (Lipinski definition) is 1. The van der Waals surface area contributed by atoms with Crippen molar-refractivity contribution >= 4 is 10.0 Å². The minimum atomic E-state index is -4.61. The van der Waals surface area contributed by atoms with Gasteiger partial charge in [0, 0.05) is 18.9 Å². The maximum Gasteiger partial charge on any atom is 0.416 e. The zero-order valence-corrected chi connectivity index (χ0v) is 14.8. The first-order valence-corrected chi connectivity index (χ1v) is 9.45. The molecule has 0 spiro atoms. The highest BCUT2D eigenvalue weighted by Crippen LogP contribution is 2.30. The summed E-state index contributed by atoms with van der Waals surface area (Å²) in [4.78, 5) is -0.429. The molecule has 0 saturated carbocycles. The van der Waals surface area contributed by atoms with E-state index in [4.69, 9.17) is 0 Å². The van der Waals surface area contributed by atoms with Crippen LogP contribution in [0.5, 0.6) is 0 Å². The summed E-state index contributed by atoms with van der Waals surface area (Å²) in [6.45, 7) is 0.407. The number of benzene rings is 2. The molecule has 0 aliphatic heterocycles. The van der Waals surface area contributed by atoms with E-state index < -0.39 is 26.7 Å². The number of aromatic nitrogens is 2. The van der Waals surface area contributed by atoms with Crippen molar-refractivity contribution in [2.24, 2.45) is 0 Å². The Balaban J connectivity index is 1.79. The molecule has 5 nitrogen and oxygen atoms in total. The van der Waals surface area contributed by atoms with E-state index >= 15 is 0 Å². The van der Waals surface area contributed by atoms with Crippen molar-refractivity contribution in [1.82, 2.24) is 14.5 Å². The molecule has 0 aliphatic carbocycles. The SMILES string of the molecule is O=S(=O)(NCc1ccccc1Cn1cccn1)c1cccc(C(F)(F)F)c1. The van der Waals surface area contributed by atoms with Crippen molar-refractivity contribution < 1.29 is 21.6 Å². The van der Waals surface area contributed by atoms with Gasteiger partial charge in [0.05, 0.1) is 17.0 Å². The molecule has 0 atom stereocenters. The molecular formula is C18H16F3N3O2S. The Kier molecular flexibility index (Phi) is 5.33. The zero-order valence-electron chi connectivity index (χ0n) is 14.0. The molecule has 0 saturated heterocycles. The van der Waals surface area contributed by atoms with Crippen molar-refractivity contribution in [3.63, 3.8) is 0 Å². The first-order valence-electron chi connectivity index (χ1n) is 7.97. The number of rotatable bonds is 6. The Morgan fingerprint density at radius 1 is 1.00 bits per heavy atom. The first kappa shape index (κ1) is 19.1. The van der Waals surface area contributed by atoms with Gasteiger partial charge in [-0.3, -0.25) is 4.68 Å². The van der Waals surface area contributed by atoms with E-state index in [1.165, 1.54) is 0 Å². The summed E-state index contributed by atoms with van der Waals surface area (Å²) in [7, 11) is -4.09. The molecule has 3 rings (SSSR count). The lowest BCUT2D eigenvalue weighted by Crippen LogP contribution is -2.24. The summed E-state index contributed by atoms with van der Waals surface area (Å²) in [5.74, 6) is 0. The topological polar surface area (TPSA) is 64.0 Å². The molecule has 27 heavy (non-hydrogen) atoms. The van der Waals surface area contributed by atoms with Gasteiger partial charge >= 0.3 is 6.18 Å². The lowest BCUT2D eigenvalue weighted by atomic mass is 10.1. The Hall–Kier alpha value is -2.65. The Bertz CT molecular complexity index is 1020. The van der Waals surface area contributed by atoms with Gasteiger partial charge in [-0.15, -0.1) is 0 Å². The molecule has 0 amide bonds. The number of hydrogen-bond acceptors (Lipinski definition) is 3. The average Bonchev–Trinajstić information content (AvgIpc) is 3.13. The van der Waals surface area contributed by atoms with Crippen LogP contribution in [0.4, 0.5) is 13.2 Å². The Morgan fingerprint density at radius 3 is 2.41 bits per heavy atom. The molecule has 1 heterocycles. The molecule has 0 radical (unpaired) electrons. The van der Waals surface area contributed by atoms with Crippen LogP contribution in [0.3, 0.4) is 0 Å². The van der Waals surface area contributed by atoms with Crippen molar-refractivity contribution in [2.75, 3.05) is 0 Å². The average molecular weight is 395 g/mol. The van der Waals surface area contributed by atoms with Crippen LogP contribution in [-0.4, -0.2) is 18.2 Å². The highest BCUT2D eigenvalue weighted by atomic mass is 32.2. The van der Waals surface area contributed by atoms with E-state index in [-0.39, 0.29) is 6.54 Å². The molecule has 1 N–H and O–H groups in total. The number of sulfonamides is 1. The van der Waals surface area contributed by atoms with Crippen molar-refractivity contribution in [1.29, 1.82) is 0 Å². The third-order valence-corrected chi connectivity index (χ3v) is 5.33. The summed E-state index contributed by atoms with van der Waals surface area (Å²) >= 11 is 0. The fourth-order valence-electron chi connectivity index (χ4n) is 2.55. The monoisotopic (exact) mass is 395 g/mol. The lowest BCUT2D eigenvalue weighted by Gasteiger charge is -2.13. The van der Waals surface area contributed by atoms with Gasteiger partial charge in [0.1, 0.15) is 0 Å². The van der Waals surface area contributed by atoms with Crippen LogP contribution in [0.1, 0.15) is 16.7 Å². The second-order valence-electron chi connectivity index (χ2n) is 5.82. The van der Waals surface area contributed by atoms with Gasteiger partial charge in [-0.25, -0.2) is 13.1 Å². The predicted octanol–water partition coefficient (Wildman–Crippen LogP) is 3.43. The molecule has 0 unspecified atom stereocenters. The van der Waals surface area contributed by atoms with Gasteiger partial charge < -0.3 is 0 Å². The summed E-state index contributed by atoms with van der Waals surface area (Å²) < 4.78 is 67.3. The molecule has 0 bridgehead atoms. The quantitative estimate of drug-likeness (QED) is 0.696. The molecule has 142 valence electrons. The predicted molar refractivity (Wildman–Crippen MR) is 93.2 cm³/mol. The minimum absolute atomic E-state index is 0.0456. The van der Waals surface area contributed by atoms with Gasteiger partial charge in [-0.2, -0.15) is 18.3 Å². The number of nitrogens with one attached hydrogen (secondary N) is 1. The van der Waals surface area contributed by atoms with E-state index in [2.05, 4.69) is 9.82 Å². The molecular weight excluding hydrogens is 379 g/mol. The number of nitrogens with zero attached hydrogens (tertiary/aromatic N) is 2. The third kappa shape index (κ3) is 4.75. The van der Waals surface area contributed by atoms with Crippen LogP contribution in [0, 0.1) is 0 Å². The fraction of sp³-hybridized carbons (Fsp3) is 0.167. The van der Waals surface area contributed by atoms with Crippen LogP contribution in [0.15, 0.2) is 71.9 Å². The van der Waals surface area contributed by atoms with Gasteiger partial charge in [-0.05, 0) is 35.4 Å². The van der Waals surface area contributed by atoms with Crippen LogP contribution in [-0.2, 0) is 29.3 Å². The van der Waals surface area contributed by atoms with E-state index in [0.717, 1.165) is 23.8 Å². The largest absolute Gasteiger partial charge is 0.416 e. The number of alkyl halides is 3. The van der Waals surface area contributed by atoms with E-state index in [0.29, 0.717) is 18.2 Å². The van der Waals surface area contributed by atoms with E-state index in [9.17, 15) is 21.6 Å². The van der Waals surface area contributed by atoms with Crippen LogP contribution in [0.2, 0.25) is 0 Å². The second-order valence-corrected chi connectivity index (χ2v) is 7.59. The van der Waals surface area contributed by atoms with Crippen LogP contribution in [0.25, 0.3) is 0 Å². The maximum atomic E-state index is 12.8. The molecule has 9 heteroatoms. The zero-order chi connectivity index (χ0) is 19.5. The number of halogens is 3. The van der Waals surface area contributed by atoms with Gasteiger partial charge in [0.25, 0.3) is 0 Å². The van der Waals surface area contributed by atoms with Crippen LogP contribution < -0.4 is 4.72 Å². The second kappa shape index (κ2) is 7.53. The maximum absolute atomic E-state index is 12.8. The summed E-state index contributed by atoms with van der Waals surface area (Å²) in [5.41, 5.74) is 0.556. The minimum Gasteiger partial charge on any atom is -0.268 e.